The first-order valence-electron chi connectivity index (χ1n) is 10.1. The van der Waals surface area contributed by atoms with Crippen LogP contribution in [0.25, 0.3) is 0 Å². The molecule has 0 saturated carbocycles. The van der Waals surface area contributed by atoms with Crippen molar-refractivity contribution in [3.8, 4) is 0 Å². The highest BCUT2D eigenvalue weighted by Crippen LogP contribution is 2.24. The molecule has 0 spiro atoms. The smallest absolute Gasteiger partial charge is 0.243 e. The molecule has 28 heavy (non-hydrogen) atoms. The van der Waals surface area contributed by atoms with Gasteiger partial charge in [-0.15, -0.1) is 0 Å². The van der Waals surface area contributed by atoms with Crippen LogP contribution in [0.3, 0.4) is 0 Å². The summed E-state index contributed by atoms with van der Waals surface area (Å²) in [5, 5.41) is 0. The lowest BCUT2D eigenvalue weighted by Gasteiger charge is -2.26. The first kappa shape index (κ1) is 21.2. The summed E-state index contributed by atoms with van der Waals surface area (Å²) < 4.78 is 33.1. The van der Waals surface area contributed by atoms with E-state index in [0.717, 1.165) is 31.5 Å². The Hall–Kier alpha value is -1.48. The van der Waals surface area contributed by atoms with Crippen molar-refractivity contribution in [1.82, 2.24) is 14.1 Å². The van der Waals surface area contributed by atoms with Gasteiger partial charge >= 0.3 is 0 Å². The third-order valence-corrected chi connectivity index (χ3v) is 7.74. The molecule has 1 aromatic rings. The van der Waals surface area contributed by atoms with Gasteiger partial charge in [-0.05, 0) is 30.9 Å². The van der Waals surface area contributed by atoms with Crippen LogP contribution in [-0.2, 0) is 26.0 Å². The summed E-state index contributed by atoms with van der Waals surface area (Å²) in [4.78, 5) is 17.1. The maximum Gasteiger partial charge on any atom is 0.243 e. The Balaban J connectivity index is 1.67. The van der Waals surface area contributed by atoms with E-state index in [0.29, 0.717) is 44.1 Å². The van der Waals surface area contributed by atoms with Crippen LogP contribution in [0.15, 0.2) is 29.2 Å². The number of methoxy groups -OCH3 is 1. The maximum absolute atomic E-state index is 13.2. The van der Waals surface area contributed by atoms with Crippen LogP contribution in [0.1, 0.15) is 25.3 Å². The molecule has 2 fully saturated rings. The number of sulfonamides is 1. The fourth-order valence-corrected chi connectivity index (χ4v) is 5.90. The molecule has 156 valence electrons. The molecule has 8 heteroatoms. The maximum atomic E-state index is 13.2. The minimum absolute atomic E-state index is 0.137. The lowest BCUT2D eigenvalue weighted by Crippen LogP contribution is -2.44. The molecule has 0 bridgehead atoms. The Bertz CT molecular complexity index is 783. The number of likely N-dealkylation sites (tertiary alicyclic amines) is 1. The predicted octanol–water partition coefficient (Wildman–Crippen LogP) is 1.19. The summed E-state index contributed by atoms with van der Waals surface area (Å²) in [5.74, 6) is 0.143. The first-order chi connectivity index (χ1) is 13.5. The van der Waals surface area contributed by atoms with Gasteiger partial charge in [0.25, 0.3) is 0 Å². The van der Waals surface area contributed by atoms with E-state index in [1.807, 2.05) is 24.0 Å². The zero-order chi connectivity index (χ0) is 20.1. The third kappa shape index (κ3) is 4.40. The molecule has 0 aromatic heterocycles. The molecule has 1 aromatic carbocycles. The van der Waals surface area contributed by atoms with Gasteiger partial charge in [0, 0.05) is 46.4 Å². The average Bonchev–Trinajstić information content (AvgIpc) is 2.91. The molecule has 0 radical (unpaired) electrons. The zero-order valence-electron chi connectivity index (χ0n) is 16.8. The number of nitrogens with zero attached hydrogens (tertiary/aromatic N) is 3. The SMILES string of the molecule is CCc1ccccc1S(=O)(=O)N1CCCN(C2CCN(CCOC)C2=O)CC1. The highest BCUT2D eigenvalue weighted by molar-refractivity contribution is 7.89. The summed E-state index contributed by atoms with van der Waals surface area (Å²) in [6.07, 6.45) is 2.21. The lowest BCUT2D eigenvalue weighted by atomic mass is 10.2. The number of ether oxygens (including phenoxy) is 1. The van der Waals surface area contributed by atoms with Crippen molar-refractivity contribution >= 4 is 15.9 Å². The molecule has 1 atom stereocenters. The fourth-order valence-electron chi connectivity index (χ4n) is 4.14. The molecule has 0 aliphatic carbocycles. The molecule has 3 rings (SSSR count). The highest BCUT2D eigenvalue weighted by atomic mass is 32.2. The monoisotopic (exact) mass is 409 g/mol. The molecule has 0 N–H and O–H groups in total. The van der Waals surface area contributed by atoms with Crippen molar-refractivity contribution in [3.05, 3.63) is 29.8 Å². The number of carbonyl (C=O) groups excluding carboxylic acids is 1. The van der Waals surface area contributed by atoms with Crippen molar-refractivity contribution < 1.29 is 17.9 Å². The van der Waals surface area contributed by atoms with Gasteiger partial charge < -0.3 is 9.64 Å². The topological polar surface area (TPSA) is 70.2 Å². The molecule has 7 nitrogen and oxygen atoms in total. The normalized spacial score (nSPS) is 22.6. The van der Waals surface area contributed by atoms with Gasteiger partial charge in [0.2, 0.25) is 15.9 Å². The molecular formula is C20H31N3O4S. The molecule has 2 aliphatic rings. The van der Waals surface area contributed by atoms with Crippen LogP contribution >= 0.6 is 0 Å². The van der Waals surface area contributed by atoms with Gasteiger partial charge in [0.1, 0.15) is 0 Å². The zero-order valence-corrected chi connectivity index (χ0v) is 17.7. The van der Waals surface area contributed by atoms with E-state index in [1.165, 1.54) is 0 Å². The second kappa shape index (κ2) is 9.35. The van der Waals surface area contributed by atoms with Crippen molar-refractivity contribution in [2.24, 2.45) is 0 Å². The van der Waals surface area contributed by atoms with Crippen LogP contribution in [0.2, 0.25) is 0 Å². The van der Waals surface area contributed by atoms with Gasteiger partial charge in [-0.1, -0.05) is 25.1 Å². The lowest BCUT2D eigenvalue weighted by molar-refractivity contribution is -0.132. The van der Waals surface area contributed by atoms with Crippen LogP contribution in [0.5, 0.6) is 0 Å². The molecule has 1 amide bonds. The average molecular weight is 410 g/mol. The Kier molecular flexibility index (Phi) is 7.09. The van der Waals surface area contributed by atoms with Crippen LogP contribution in [0.4, 0.5) is 0 Å². The number of benzene rings is 1. The quantitative estimate of drug-likeness (QED) is 0.677. The van der Waals surface area contributed by atoms with Crippen LogP contribution in [-0.4, -0.2) is 87.5 Å². The Labute approximate surface area is 168 Å². The van der Waals surface area contributed by atoms with Gasteiger partial charge in [0.05, 0.1) is 17.5 Å². The summed E-state index contributed by atoms with van der Waals surface area (Å²) in [5.41, 5.74) is 0.850. The summed E-state index contributed by atoms with van der Waals surface area (Å²) in [6.45, 7) is 6.12. The number of carbonyl (C=O) groups is 1. The molecule has 2 saturated heterocycles. The number of rotatable bonds is 7. The van der Waals surface area contributed by atoms with E-state index in [2.05, 4.69) is 4.90 Å². The van der Waals surface area contributed by atoms with Gasteiger partial charge in [0.15, 0.2) is 0 Å². The van der Waals surface area contributed by atoms with E-state index in [4.69, 9.17) is 4.74 Å². The largest absolute Gasteiger partial charge is 0.383 e. The minimum Gasteiger partial charge on any atom is -0.383 e. The second-order valence-electron chi connectivity index (χ2n) is 7.38. The Morgan fingerprint density at radius 2 is 1.89 bits per heavy atom. The van der Waals surface area contributed by atoms with Crippen molar-refractivity contribution in [2.45, 2.75) is 37.1 Å². The highest BCUT2D eigenvalue weighted by Gasteiger charge is 2.37. The summed E-state index contributed by atoms with van der Waals surface area (Å²) in [7, 11) is -1.88. The third-order valence-electron chi connectivity index (χ3n) is 5.74. The van der Waals surface area contributed by atoms with Crippen LogP contribution in [0, 0.1) is 0 Å². The van der Waals surface area contributed by atoms with E-state index in [-0.39, 0.29) is 11.9 Å². The Morgan fingerprint density at radius 1 is 1.11 bits per heavy atom. The molecule has 1 unspecified atom stereocenters. The molecule has 2 heterocycles. The van der Waals surface area contributed by atoms with E-state index < -0.39 is 10.0 Å². The fraction of sp³-hybridized carbons (Fsp3) is 0.650. The van der Waals surface area contributed by atoms with E-state index in [9.17, 15) is 13.2 Å². The number of aryl methyl sites for hydroxylation is 1. The summed E-state index contributed by atoms with van der Waals surface area (Å²) >= 11 is 0. The summed E-state index contributed by atoms with van der Waals surface area (Å²) in [6, 6.07) is 7.10. The Morgan fingerprint density at radius 3 is 2.64 bits per heavy atom. The second-order valence-corrected chi connectivity index (χ2v) is 9.28. The van der Waals surface area contributed by atoms with E-state index >= 15 is 0 Å². The molecule has 2 aliphatic heterocycles. The van der Waals surface area contributed by atoms with Crippen molar-refractivity contribution in [2.75, 3.05) is 53.0 Å². The van der Waals surface area contributed by atoms with Crippen LogP contribution < -0.4 is 0 Å². The van der Waals surface area contributed by atoms with Crippen molar-refractivity contribution in [1.29, 1.82) is 0 Å². The van der Waals surface area contributed by atoms with Gasteiger partial charge in [-0.3, -0.25) is 9.69 Å². The number of hydrogen-bond acceptors (Lipinski definition) is 5. The van der Waals surface area contributed by atoms with E-state index in [1.54, 1.807) is 23.5 Å². The van der Waals surface area contributed by atoms with Crippen molar-refractivity contribution in [3.63, 3.8) is 0 Å². The number of amides is 1. The molecular weight excluding hydrogens is 378 g/mol. The number of hydrogen-bond donors (Lipinski definition) is 0. The minimum atomic E-state index is -3.52. The standard InChI is InChI=1S/C20H31N3O4S/c1-3-17-7-4-5-8-19(17)28(25,26)23-11-6-10-21(13-14-23)18-9-12-22(20(18)24)15-16-27-2/h4-5,7-8,18H,3,6,9-16H2,1-2H3. The predicted molar refractivity (Wildman–Crippen MR) is 108 cm³/mol. The van der Waals surface area contributed by atoms with Gasteiger partial charge in [-0.25, -0.2) is 8.42 Å². The van der Waals surface area contributed by atoms with Gasteiger partial charge in [-0.2, -0.15) is 4.31 Å². The first-order valence-corrected chi connectivity index (χ1v) is 11.5.